The summed E-state index contributed by atoms with van der Waals surface area (Å²) in [6, 6.07) is 0.436. The molecule has 0 aromatic heterocycles. The second kappa shape index (κ2) is 11.0. The lowest BCUT2D eigenvalue weighted by Crippen LogP contribution is -2.52. The molecule has 0 aromatic rings. The van der Waals surface area contributed by atoms with Gasteiger partial charge in [-0.3, -0.25) is 9.69 Å². The van der Waals surface area contributed by atoms with E-state index in [1.54, 1.807) is 0 Å². The Morgan fingerprint density at radius 3 is 2.14 bits per heavy atom. The van der Waals surface area contributed by atoms with Crippen LogP contribution in [0.5, 0.6) is 0 Å². The number of rotatable bonds is 10. The average Bonchev–Trinajstić information content (AvgIpc) is 2.53. The van der Waals surface area contributed by atoms with Crippen molar-refractivity contribution in [2.75, 3.05) is 32.7 Å². The van der Waals surface area contributed by atoms with Gasteiger partial charge in [-0.25, -0.2) is 0 Å². The largest absolute Gasteiger partial charge is 0.340 e. The van der Waals surface area contributed by atoms with E-state index in [4.69, 9.17) is 5.73 Å². The van der Waals surface area contributed by atoms with Crippen molar-refractivity contribution in [3.05, 3.63) is 0 Å². The summed E-state index contributed by atoms with van der Waals surface area (Å²) in [7, 11) is 0. The van der Waals surface area contributed by atoms with Gasteiger partial charge in [0.25, 0.3) is 0 Å². The number of carbonyl (C=O) groups is 1. The van der Waals surface area contributed by atoms with Crippen LogP contribution < -0.4 is 5.73 Å². The van der Waals surface area contributed by atoms with Crippen molar-refractivity contribution in [2.24, 2.45) is 5.73 Å². The van der Waals surface area contributed by atoms with Crippen molar-refractivity contribution in [3.63, 3.8) is 0 Å². The SMILES string of the molecule is CCCCCCCCCC(=O)N1CCN(C(C)CN)CC1. The first-order chi connectivity index (χ1) is 10.2. The van der Waals surface area contributed by atoms with Crippen LogP contribution in [0.2, 0.25) is 0 Å². The van der Waals surface area contributed by atoms with E-state index < -0.39 is 0 Å². The fraction of sp³-hybridized carbons (Fsp3) is 0.941. The minimum absolute atomic E-state index is 0.351. The van der Waals surface area contributed by atoms with E-state index in [1.165, 1.54) is 38.5 Å². The second-order valence-corrected chi connectivity index (χ2v) is 6.37. The van der Waals surface area contributed by atoms with Crippen LogP contribution >= 0.6 is 0 Å². The fourth-order valence-corrected chi connectivity index (χ4v) is 2.95. The van der Waals surface area contributed by atoms with Crippen LogP contribution in [-0.2, 0) is 4.79 Å². The Balaban J connectivity index is 2.06. The van der Waals surface area contributed by atoms with E-state index in [1.807, 2.05) is 4.90 Å². The maximum Gasteiger partial charge on any atom is 0.222 e. The molecule has 0 bridgehead atoms. The van der Waals surface area contributed by atoms with Gasteiger partial charge >= 0.3 is 0 Å². The number of amides is 1. The molecule has 1 fully saturated rings. The molecule has 0 aromatic carbocycles. The van der Waals surface area contributed by atoms with Crippen LogP contribution in [-0.4, -0.2) is 54.5 Å². The van der Waals surface area contributed by atoms with Gasteiger partial charge < -0.3 is 10.6 Å². The van der Waals surface area contributed by atoms with E-state index >= 15 is 0 Å². The smallest absolute Gasteiger partial charge is 0.222 e. The molecule has 21 heavy (non-hydrogen) atoms. The number of nitrogens with zero attached hydrogens (tertiary/aromatic N) is 2. The normalized spacial score (nSPS) is 18.0. The predicted molar refractivity (Wildman–Crippen MR) is 89.3 cm³/mol. The first kappa shape index (κ1) is 18.4. The van der Waals surface area contributed by atoms with Crippen LogP contribution in [0.1, 0.15) is 65.2 Å². The Labute approximate surface area is 131 Å². The van der Waals surface area contributed by atoms with E-state index in [-0.39, 0.29) is 0 Å². The Hall–Kier alpha value is -0.610. The lowest BCUT2D eigenvalue weighted by molar-refractivity contribution is -0.133. The Morgan fingerprint density at radius 2 is 1.57 bits per heavy atom. The third kappa shape index (κ3) is 7.28. The zero-order valence-electron chi connectivity index (χ0n) is 14.1. The van der Waals surface area contributed by atoms with Gasteiger partial charge in [0.2, 0.25) is 5.91 Å². The van der Waals surface area contributed by atoms with Gasteiger partial charge in [0.15, 0.2) is 0 Å². The highest BCUT2D eigenvalue weighted by Crippen LogP contribution is 2.11. The van der Waals surface area contributed by atoms with Crippen LogP contribution in [0.4, 0.5) is 0 Å². The number of carbonyl (C=O) groups excluding carboxylic acids is 1. The van der Waals surface area contributed by atoms with Gasteiger partial charge in [0.05, 0.1) is 0 Å². The molecule has 1 rings (SSSR count). The Kier molecular flexibility index (Phi) is 9.68. The molecule has 0 aliphatic carbocycles. The summed E-state index contributed by atoms with van der Waals surface area (Å²) < 4.78 is 0. The monoisotopic (exact) mass is 297 g/mol. The van der Waals surface area contributed by atoms with E-state index in [9.17, 15) is 4.79 Å². The van der Waals surface area contributed by atoms with E-state index in [2.05, 4.69) is 18.7 Å². The van der Waals surface area contributed by atoms with Crippen molar-refractivity contribution in [3.8, 4) is 0 Å². The van der Waals surface area contributed by atoms with E-state index in [0.717, 1.165) is 39.0 Å². The number of unbranched alkanes of at least 4 members (excludes halogenated alkanes) is 6. The zero-order valence-corrected chi connectivity index (χ0v) is 14.1. The Morgan fingerprint density at radius 1 is 1.00 bits per heavy atom. The zero-order chi connectivity index (χ0) is 15.5. The minimum atomic E-state index is 0.351. The number of hydrogen-bond acceptors (Lipinski definition) is 3. The molecule has 2 N–H and O–H groups in total. The first-order valence-electron chi connectivity index (χ1n) is 8.91. The molecule has 1 aliphatic heterocycles. The van der Waals surface area contributed by atoms with Crippen molar-refractivity contribution >= 4 is 5.91 Å². The number of piperazine rings is 1. The fourth-order valence-electron chi connectivity index (χ4n) is 2.95. The van der Waals surface area contributed by atoms with Crippen LogP contribution in [0.15, 0.2) is 0 Å². The lowest BCUT2D eigenvalue weighted by Gasteiger charge is -2.37. The minimum Gasteiger partial charge on any atom is -0.340 e. The molecule has 1 aliphatic rings. The van der Waals surface area contributed by atoms with Crippen LogP contribution in [0, 0.1) is 0 Å². The molecule has 4 heteroatoms. The highest BCUT2D eigenvalue weighted by atomic mass is 16.2. The summed E-state index contributed by atoms with van der Waals surface area (Å²) in [5, 5.41) is 0. The van der Waals surface area contributed by atoms with Gasteiger partial charge in [0, 0.05) is 45.2 Å². The van der Waals surface area contributed by atoms with Gasteiger partial charge in [-0.05, 0) is 13.3 Å². The standard InChI is InChI=1S/C17H35N3O/c1-3-4-5-6-7-8-9-10-17(21)20-13-11-19(12-14-20)16(2)15-18/h16H,3-15,18H2,1-2H3. The van der Waals surface area contributed by atoms with Crippen molar-refractivity contribution < 1.29 is 4.79 Å². The van der Waals surface area contributed by atoms with E-state index in [0.29, 0.717) is 18.5 Å². The molecule has 0 spiro atoms. The quantitative estimate of drug-likeness (QED) is 0.631. The molecule has 1 heterocycles. The summed E-state index contributed by atoms with van der Waals surface area (Å²) in [6.07, 6.45) is 9.63. The maximum absolute atomic E-state index is 12.2. The topological polar surface area (TPSA) is 49.6 Å². The van der Waals surface area contributed by atoms with Crippen molar-refractivity contribution in [1.29, 1.82) is 0 Å². The first-order valence-corrected chi connectivity index (χ1v) is 8.91. The van der Waals surface area contributed by atoms with Crippen LogP contribution in [0.25, 0.3) is 0 Å². The van der Waals surface area contributed by atoms with Crippen molar-refractivity contribution in [1.82, 2.24) is 9.80 Å². The van der Waals surface area contributed by atoms with Gasteiger partial charge in [-0.1, -0.05) is 45.4 Å². The molecule has 1 atom stereocenters. The summed E-state index contributed by atoms with van der Waals surface area (Å²) in [6.45, 7) is 8.80. The number of hydrogen-bond donors (Lipinski definition) is 1. The Bertz CT molecular complexity index is 275. The summed E-state index contributed by atoms with van der Waals surface area (Å²) in [4.78, 5) is 16.6. The molecule has 1 amide bonds. The molecule has 4 nitrogen and oxygen atoms in total. The summed E-state index contributed by atoms with van der Waals surface area (Å²) in [5.74, 6) is 0.351. The van der Waals surface area contributed by atoms with Gasteiger partial charge in [-0.15, -0.1) is 0 Å². The molecular formula is C17H35N3O. The molecule has 0 saturated carbocycles. The highest BCUT2D eigenvalue weighted by molar-refractivity contribution is 5.76. The van der Waals surface area contributed by atoms with Crippen LogP contribution in [0.3, 0.4) is 0 Å². The van der Waals surface area contributed by atoms with Gasteiger partial charge in [-0.2, -0.15) is 0 Å². The highest BCUT2D eigenvalue weighted by Gasteiger charge is 2.22. The molecule has 0 radical (unpaired) electrons. The maximum atomic E-state index is 12.2. The van der Waals surface area contributed by atoms with Gasteiger partial charge in [0.1, 0.15) is 0 Å². The predicted octanol–water partition coefficient (Wildman–Crippen LogP) is 2.62. The summed E-state index contributed by atoms with van der Waals surface area (Å²) >= 11 is 0. The average molecular weight is 297 g/mol. The summed E-state index contributed by atoms with van der Waals surface area (Å²) in [5.41, 5.74) is 5.70. The molecule has 1 saturated heterocycles. The third-order valence-electron chi connectivity index (χ3n) is 4.63. The lowest BCUT2D eigenvalue weighted by atomic mass is 10.1. The molecule has 1 unspecified atom stereocenters. The third-order valence-corrected chi connectivity index (χ3v) is 4.63. The second-order valence-electron chi connectivity index (χ2n) is 6.37. The molecular weight excluding hydrogens is 262 g/mol. The number of nitrogens with two attached hydrogens (primary N) is 1. The van der Waals surface area contributed by atoms with Crippen molar-refractivity contribution in [2.45, 2.75) is 71.3 Å². The molecule has 124 valence electrons.